The van der Waals surface area contributed by atoms with Crippen LogP contribution in [0.4, 0.5) is 0 Å². The minimum Gasteiger partial charge on any atom is -0.493 e. The van der Waals surface area contributed by atoms with Crippen molar-refractivity contribution in [2.45, 2.75) is 25.7 Å². The molecule has 0 saturated carbocycles. The summed E-state index contributed by atoms with van der Waals surface area (Å²) in [6.07, 6.45) is 0.346. The number of carbonyl (C=O) groups excluding carboxylic acids is 1. The molecule has 0 radical (unpaired) electrons. The van der Waals surface area contributed by atoms with Crippen molar-refractivity contribution in [1.29, 1.82) is 0 Å². The zero-order valence-electron chi connectivity index (χ0n) is 13.0. The topological polar surface area (TPSA) is 87.9 Å². The van der Waals surface area contributed by atoms with Crippen LogP contribution in [0.5, 0.6) is 11.5 Å². The smallest absolute Gasteiger partial charge is 0.306 e. The lowest BCUT2D eigenvalue weighted by Crippen LogP contribution is -2.14. The summed E-state index contributed by atoms with van der Waals surface area (Å²) in [7, 11) is 3.04. The Labute approximate surface area is 129 Å². The Morgan fingerprint density at radius 3 is 2.50 bits per heavy atom. The van der Waals surface area contributed by atoms with Gasteiger partial charge in [-0.05, 0) is 24.6 Å². The molecule has 22 heavy (non-hydrogen) atoms. The first-order valence-corrected chi connectivity index (χ1v) is 7.01. The van der Waals surface area contributed by atoms with Gasteiger partial charge in [0.25, 0.3) is 0 Å². The van der Waals surface area contributed by atoms with Crippen LogP contribution in [-0.4, -0.2) is 38.3 Å². The predicted molar refractivity (Wildman–Crippen MR) is 80.0 cm³/mol. The van der Waals surface area contributed by atoms with Crippen LogP contribution in [0.1, 0.15) is 31.2 Å². The molecule has 0 aromatic heterocycles. The molecular weight excluding hydrogens is 290 g/mol. The monoisotopic (exact) mass is 311 g/mol. The number of ether oxygens (including phenoxy) is 3. The summed E-state index contributed by atoms with van der Waals surface area (Å²) in [6.45, 7) is 1.80. The number of methoxy groups -OCH3 is 2. The summed E-state index contributed by atoms with van der Waals surface area (Å²) in [4.78, 5) is 21.9. The molecule has 0 aliphatic heterocycles. The maximum Gasteiger partial charge on any atom is 0.306 e. The number of benzene rings is 1. The molecule has 1 atom stereocenters. The van der Waals surface area contributed by atoms with Gasteiger partial charge in [0.15, 0.2) is 11.5 Å². The summed E-state index contributed by atoms with van der Waals surface area (Å²) >= 11 is 0. The highest BCUT2D eigenvalue weighted by Crippen LogP contribution is 2.33. The molecule has 1 unspecified atom stereocenters. The van der Waals surface area contributed by atoms with E-state index in [0.717, 1.165) is 5.56 Å². The van der Waals surface area contributed by atoms with E-state index in [-0.39, 0.29) is 42.8 Å². The summed E-state index contributed by atoms with van der Waals surface area (Å²) in [5, 5.41) is 10.6. The van der Waals surface area contributed by atoms with Gasteiger partial charge in [0.05, 0.1) is 27.2 Å². The summed E-state index contributed by atoms with van der Waals surface area (Å²) in [6, 6.07) is 5.24. The number of carbonyl (C=O) groups is 1. The molecule has 1 aromatic carbocycles. The van der Waals surface area contributed by atoms with Gasteiger partial charge in [0, 0.05) is 17.3 Å². The van der Waals surface area contributed by atoms with Crippen LogP contribution in [0.2, 0.25) is 0 Å². The fourth-order valence-corrected chi connectivity index (χ4v) is 2.18. The zero-order valence-corrected chi connectivity index (χ0v) is 13.0. The van der Waals surface area contributed by atoms with Crippen molar-refractivity contribution < 1.29 is 23.9 Å². The molecule has 0 bridgehead atoms. The maximum absolute atomic E-state index is 11.7. The first kappa shape index (κ1) is 17.7. The second-order valence-corrected chi connectivity index (χ2v) is 4.67. The molecule has 7 heteroatoms. The van der Waals surface area contributed by atoms with Crippen molar-refractivity contribution in [3.8, 4) is 11.5 Å². The van der Waals surface area contributed by atoms with Crippen LogP contribution < -0.4 is 9.47 Å². The Morgan fingerprint density at radius 1 is 1.27 bits per heavy atom. The summed E-state index contributed by atoms with van der Waals surface area (Å²) in [5.74, 6) is 0.417. The van der Waals surface area contributed by atoms with Gasteiger partial charge < -0.3 is 14.2 Å². The molecule has 0 amide bonds. The quantitative estimate of drug-likeness (QED) is 0.395. The predicted octanol–water partition coefficient (Wildman–Crippen LogP) is 2.41. The normalized spacial score (nSPS) is 11.6. The molecule has 0 N–H and O–H groups in total. The van der Waals surface area contributed by atoms with Crippen LogP contribution in [0.3, 0.4) is 0 Å². The van der Waals surface area contributed by atoms with Crippen LogP contribution in [0.15, 0.2) is 18.2 Å². The number of hydrogen-bond donors (Lipinski definition) is 0. The molecule has 0 aliphatic rings. The fourth-order valence-electron chi connectivity index (χ4n) is 2.18. The molecular formula is C15H21NO6. The van der Waals surface area contributed by atoms with E-state index in [9.17, 15) is 14.9 Å². The third kappa shape index (κ3) is 5.23. The van der Waals surface area contributed by atoms with E-state index in [2.05, 4.69) is 0 Å². The largest absolute Gasteiger partial charge is 0.493 e. The first-order valence-electron chi connectivity index (χ1n) is 7.01. The van der Waals surface area contributed by atoms with Crippen molar-refractivity contribution in [2.75, 3.05) is 27.4 Å². The van der Waals surface area contributed by atoms with E-state index in [1.807, 2.05) is 0 Å². The Hall–Kier alpha value is -2.31. The van der Waals surface area contributed by atoms with E-state index >= 15 is 0 Å². The average Bonchev–Trinajstić information content (AvgIpc) is 2.50. The summed E-state index contributed by atoms with van der Waals surface area (Å²) < 4.78 is 15.3. The highest BCUT2D eigenvalue weighted by molar-refractivity contribution is 5.70. The minimum absolute atomic E-state index is 0.0944. The molecule has 1 aromatic rings. The van der Waals surface area contributed by atoms with Gasteiger partial charge >= 0.3 is 5.97 Å². The van der Waals surface area contributed by atoms with Crippen LogP contribution in [-0.2, 0) is 9.53 Å². The van der Waals surface area contributed by atoms with Gasteiger partial charge in [-0.15, -0.1) is 0 Å². The molecule has 0 saturated heterocycles. The zero-order chi connectivity index (χ0) is 16.5. The lowest BCUT2D eigenvalue weighted by molar-refractivity contribution is -0.480. The highest BCUT2D eigenvalue weighted by atomic mass is 16.6. The Kier molecular flexibility index (Phi) is 7.15. The Balaban J connectivity index is 2.98. The van der Waals surface area contributed by atoms with Gasteiger partial charge in [-0.2, -0.15) is 0 Å². The number of rotatable bonds is 9. The van der Waals surface area contributed by atoms with Gasteiger partial charge in [0.1, 0.15) is 0 Å². The van der Waals surface area contributed by atoms with Gasteiger partial charge in [-0.25, -0.2) is 0 Å². The number of nitro groups is 1. The maximum atomic E-state index is 11.7. The van der Waals surface area contributed by atoms with E-state index < -0.39 is 0 Å². The van der Waals surface area contributed by atoms with E-state index in [1.165, 1.54) is 14.2 Å². The van der Waals surface area contributed by atoms with Crippen LogP contribution in [0, 0.1) is 10.1 Å². The molecule has 0 heterocycles. The van der Waals surface area contributed by atoms with Gasteiger partial charge in [-0.3, -0.25) is 14.9 Å². The third-order valence-corrected chi connectivity index (χ3v) is 3.26. The molecule has 0 aliphatic carbocycles. The molecule has 0 fully saturated rings. The van der Waals surface area contributed by atoms with Crippen molar-refractivity contribution in [3.63, 3.8) is 0 Å². The standard InChI is InChI=1S/C15H21NO6/c1-4-22-15(17)10-12(7-8-16(18)19)11-5-6-13(20-2)14(9-11)21-3/h5-6,9,12H,4,7-8,10H2,1-3H3. The molecule has 122 valence electrons. The van der Waals surface area contributed by atoms with Crippen LogP contribution >= 0.6 is 0 Å². The first-order chi connectivity index (χ1) is 10.5. The van der Waals surface area contributed by atoms with Crippen molar-refractivity contribution in [2.24, 2.45) is 0 Å². The molecule has 0 spiro atoms. The van der Waals surface area contributed by atoms with Crippen LogP contribution in [0.25, 0.3) is 0 Å². The van der Waals surface area contributed by atoms with Gasteiger partial charge in [-0.1, -0.05) is 6.07 Å². The van der Waals surface area contributed by atoms with E-state index in [0.29, 0.717) is 11.5 Å². The fraction of sp³-hybridized carbons (Fsp3) is 0.533. The molecule has 1 rings (SSSR count). The van der Waals surface area contributed by atoms with Gasteiger partial charge in [0.2, 0.25) is 6.54 Å². The third-order valence-electron chi connectivity index (χ3n) is 3.26. The number of hydrogen-bond acceptors (Lipinski definition) is 6. The van der Waals surface area contributed by atoms with Crippen molar-refractivity contribution in [1.82, 2.24) is 0 Å². The van der Waals surface area contributed by atoms with Crippen molar-refractivity contribution >= 4 is 5.97 Å². The van der Waals surface area contributed by atoms with E-state index in [4.69, 9.17) is 14.2 Å². The number of nitrogens with zero attached hydrogens (tertiary/aromatic N) is 1. The average molecular weight is 311 g/mol. The second kappa shape index (κ2) is 8.86. The van der Waals surface area contributed by atoms with Crippen molar-refractivity contribution in [3.05, 3.63) is 33.9 Å². The Bertz CT molecular complexity index is 517. The summed E-state index contributed by atoms with van der Waals surface area (Å²) in [5.41, 5.74) is 0.785. The second-order valence-electron chi connectivity index (χ2n) is 4.67. The minimum atomic E-state index is -0.390. The lowest BCUT2D eigenvalue weighted by Gasteiger charge is -2.17. The SMILES string of the molecule is CCOC(=O)CC(CC[N+](=O)[O-])c1ccc(OC)c(OC)c1. The highest BCUT2D eigenvalue weighted by Gasteiger charge is 2.20. The number of esters is 1. The molecule has 7 nitrogen and oxygen atoms in total. The Morgan fingerprint density at radius 2 is 1.95 bits per heavy atom. The van der Waals surface area contributed by atoms with E-state index in [1.54, 1.807) is 25.1 Å². The lowest BCUT2D eigenvalue weighted by atomic mass is 9.92.